The van der Waals surface area contributed by atoms with Crippen molar-refractivity contribution in [1.82, 2.24) is 5.16 Å². The number of nitrogens with one attached hydrogen (secondary N) is 1. The Kier molecular flexibility index (Phi) is 4.75. The number of carbonyl (C=O) groups excluding carboxylic acids is 1. The molecule has 1 atom stereocenters. The highest BCUT2D eigenvalue weighted by Gasteiger charge is 2.13. The van der Waals surface area contributed by atoms with E-state index < -0.39 is 6.10 Å². The first-order valence-electron chi connectivity index (χ1n) is 6.97. The number of aliphatic hydroxyl groups excluding tert-OH is 1. The van der Waals surface area contributed by atoms with Gasteiger partial charge in [0.25, 0.3) is 0 Å². The first-order chi connectivity index (χ1) is 9.99. The third-order valence-corrected chi connectivity index (χ3v) is 3.47. The normalized spacial score (nSPS) is 12.2. The van der Waals surface area contributed by atoms with Crippen LogP contribution in [0.5, 0.6) is 0 Å². The minimum Gasteiger partial charge on any atom is -0.389 e. The van der Waals surface area contributed by atoms with Gasteiger partial charge in [-0.05, 0) is 33.3 Å². The van der Waals surface area contributed by atoms with Crippen molar-refractivity contribution in [1.29, 1.82) is 0 Å². The fourth-order valence-electron chi connectivity index (χ4n) is 2.29. The number of rotatable bonds is 5. The second kappa shape index (κ2) is 6.54. The number of benzene rings is 1. The molecule has 0 saturated carbocycles. The fraction of sp³-hybridized carbons (Fsp3) is 0.375. The van der Waals surface area contributed by atoms with Crippen molar-refractivity contribution >= 4 is 11.6 Å². The van der Waals surface area contributed by atoms with Crippen LogP contribution >= 0.6 is 0 Å². The largest absolute Gasteiger partial charge is 0.389 e. The molecule has 1 aromatic heterocycles. The zero-order chi connectivity index (χ0) is 15.4. The molecule has 0 fully saturated rings. The number of hydrogen-bond donors (Lipinski definition) is 2. The molecule has 0 bridgehead atoms. The monoisotopic (exact) mass is 288 g/mol. The van der Waals surface area contributed by atoms with Crippen LogP contribution in [0.25, 0.3) is 0 Å². The van der Waals surface area contributed by atoms with Gasteiger partial charge in [-0.1, -0.05) is 23.4 Å². The third-order valence-electron chi connectivity index (χ3n) is 3.47. The maximum Gasteiger partial charge on any atom is 0.224 e. The van der Waals surface area contributed by atoms with E-state index in [2.05, 4.69) is 10.5 Å². The molecule has 2 aromatic rings. The Labute approximate surface area is 124 Å². The molecule has 1 unspecified atom stereocenters. The molecule has 5 nitrogen and oxygen atoms in total. The lowest BCUT2D eigenvalue weighted by atomic mass is 10.1. The van der Waals surface area contributed by atoms with Crippen LogP contribution in [0.15, 0.2) is 28.8 Å². The van der Waals surface area contributed by atoms with Gasteiger partial charge in [-0.3, -0.25) is 4.79 Å². The number of aryl methyl sites for hydroxylation is 2. The molecule has 0 aliphatic carbocycles. The highest BCUT2D eigenvalue weighted by Crippen LogP contribution is 2.22. The summed E-state index contributed by atoms with van der Waals surface area (Å²) in [6, 6.07) is 7.25. The van der Waals surface area contributed by atoms with Crippen molar-refractivity contribution in [3.8, 4) is 0 Å². The van der Waals surface area contributed by atoms with Gasteiger partial charge in [-0.25, -0.2) is 0 Å². The summed E-state index contributed by atoms with van der Waals surface area (Å²) in [5.41, 5.74) is 3.16. The van der Waals surface area contributed by atoms with E-state index in [0.717, 1.165) is 17.0 Å². The van der Waals surface area contributed by atoms with Crippen LogP contribution in [-0.4, -0.2) is 16.2 Å². The summed E-state index contributed by atoms with van der Waals surface area (Å²) >= 11 is 0. The zero-order valence-corrected chi connectivity index (χ0v) is 12.5. The number of nitrogens with zero attached hydrogens (tertiary/aromatic N) is 1. The van der Waals surface area contributed by atoms with Gasteiger partial charge in [0.05, 0.1) is 11.8 Å². The van der Waals surface area contributed by atoms with Crippen LogP contribution in [-0.2, 0) is 11.2 Å². The van der Waals surface area contributed by atoms with Crippen LogP contribution < -0.4 is 5.32 Å². The molecule has 0 aliphatic rings. The van der Waals surface area contributed by atoms with Crippen LogP contribution in [0.2, 0.25) is 0 Å². The minimum absolute atomic E-state index is 0.0944. The lowest BCUT2D eigenvalue weighted by Crippen LogP contribution is -2.14. The van der Waals surface area contributed by atoms with E-state index in [4.69, 9.17) is 4.52 Å². The molecule has 2 rings (SSSR count). The zero-order valence-electron chi connectivity index (χ0n) is 12.5. The molecular formula is C16H20N2O3. The van der Waals surface area contributed by atoms with E-state index in [0.29, 0.717) is 24.1 Å². The number of carbonyl (C=O) groups is 1. The van der Waals surface area contributed by atoms with E-state index in [1.54, 1.807) is 19.1 Å². The molecule has 5 heteroatoms. The van der Waals surface area contributed by atoms with Gasteiger partial charge in [0.15, 0.2) is 0 Å². The summed E-state index contributed by atoms with van der Waals surface area (Å²) in [5.74, 6) is 0.660. The predicted molar refractivity (Wildman–Crippen MR) is 80.0 cm³/mol. The van der Waals surface area contributed by atoms with Gasteiger partial charge in [0, 0.05) is 23.2 Å². The van der Waals surface area contributed by atoms with Crippen molar-refractivity contribution in [2.24, 2.45) is 0 Å². The van der Waals surface area contributed by atoms with E-state index in [1.807, 2.05) is 26.0 Å². The minimum atomic E-state index is -0.621. The van der Waals surface area contributed by atoms with E-state index >= 15 is 0 Å². The third kappa shape index (κ3) is 3.70. The lowest BCUT2D eigenvalue weighted by molar-refractivity contribution is -0.116. The first kappa shape index (κ1) is 15.3. The molecule has 21 heavy (non-hydrogen) atoms. The average Bonchev–Trinajstić information content (AvgIpc) is 2.76. The van der Waals surface area contributed by atoms with Crippen LogP contribution in [0.3, 0.4) is 0 Å². The number of hydrogen-bond acceptors (Lipinski definition) is 4. The summed E-state index contributed by atoms with van der Waals surface area (Å²) in [5, 5.41) is 16.4. The number of amides is 1. The SMILES string of the molecule is Cc1noc(C)c1CCC(=O)Nc1ccccc1C(C)O. The van der Waals surface area contributed by atoms with Gasteiger partial charge in [-0.2, -0.15) is 0 Å². The summed E-state index contributed by atoms with van der Waals surface area (Å²) in [4.78, 5) is 12.1. The van der Waals surface area contributed by atoms with Gasteiger partial charge in [0.1, 0.15) is 5.76 Å². The summed E-state index contributed by atoms with van der Waals surface area (Å²) in [7, 11) is 0. The number of aromatic nitrogens is 1. The highest BCUT2D eigenvalue weighted by molar-refractivity contribution is 5.91. The Hall–Kier alpha value is -2.14. The fourth-order valence-corrected chi connectivity index (χ4v) is 2.29. The standard InChI is InChI=1S/C16H20N2O3/c1-10-13(12(3)21-18-10)8-9-16(20)17-15-7-5-4-6-14(15)11(2)19/h4-7,11,19H,8-9H2,1-3H3,(H,17,20). The summed E-state index contributed by atoms with van der Waals surface area (Å²) < 4.78 is 5.08. The smallest absolute Gasteiger partial charge is 0.224 e. The molecule has 1 heterocycles. The van der Waals surface area contributed by atoms with Gasteiger partial charge in [-0.15, -0.1) is 0 Å². The Morgan fingerprint density at radius 1 is 1.38 bits per heavy atom. The van der Waals surface area contributed by atoms with Gasteiger partial charge in [0.2, 0.25) is 5.91 Å². The predicted octanol–water partition coefficient (Wildman–Crippen LogP) is 2.92. The number of anilines is 1. The molecule has 1 aromatic carbocycles. The van der Waals surface area contributed by atoms with Crippen LogP contribution in [0.4, 0.5) is 5.69 Å². The van der Waals surface area contributed by atoms with E-state index in [1.165, 1.54) is 0 Å². The van der Waals surface area contributed by atoms with Crippen molar-refractivity contribution in [3.63, 3.8) is 0 Å². The van der Waals surface area contributed by atoms with Crippen LogP contribution in [0, 0.1) is 13.8 Å². The maximum absolute atomic E-state index is 12.1. The molecular weight excluding hydrogens is 268 g/mol. The molecule has 0 spiro atoms. The Balaban J connectivity index is 2.00. The van der Waals surface area contributed by atoms with Crippen molar-refractivity contribution < 1.29 is 14.4 Å². The summed E-state index contributed by atoms with van der Waals surface area (Å²) in [6.07, 6.45) is 0.310. The molecule has 0 radical (unpaired) electrons. The number of para-hydroxylation sites is 1. The van der Waals surface area contributed by atoms with Gasteiger partial charge >= 0.3 is 0 Å². The highest BCUT2D eigenvalue weighted by atomic mass is 16.5. The molecule has 112 valence electrons. The van der Waals surface area contributed by atoms with Gasteiger partial charge < -0.3 is 14.9 Å². The Morgan fingerprint density at radius 2 is 2.10 bits per heavy atom. The molecule has 1 amide bonds. The maximum atomic E-state index is 12.1. The second-order valence-corrected chi connectivity index (χ2v) is 5.11. The Bertz CT molecular complexity index is 613. The quantitative estimate of drug-likeness (QED) is 0.887. The van der Waals surface area contributed by atoms with E-state index in [9.17, 15) is 9.90 Å². The van der Waals surface area contributed by atoms with Crippen molar-refractivity contribution in [2.75, 3.05) is 5.32 Å². The Morgan fingerprint density at radius 3 is 2.71 bits per heavy atom. The van der Waals surface area contributed by atoms with Crippen molar-refractivity contribution in [2.45, 2.75) is 39.7 Å². The molecule has 0 aliphatic heterocycles. The topological polar surface area (TPSA) is 75.4 Å². The molecule has 0 saturated heterocycles. The first-order valence-corrected chi connectivity index (χ1v) is 6.97. The van der Waals surface area contributed by atoms with Crippen LogP contribution in [0.1, 0.15) is 42.0 Å². The average molecular weight is 288 g/mol. The lowest BCUT2D eigenvalue weighted by Gasteiger charge is -2.12. The molecule has 2 N–H and O–H groups in total. The second-order valence-electron chi connectivity index (χ2n) is 5.11. The van der Waals surface area contributed by atoms with Crippen molar-refractivity contribution in [3.05, 3.63) is 46.8 Å². The number of aliphatic hydroxyl groups is 1. The summed E-state index contributed by atoms with van der Waals surface area (Å²) in [6.45, 7) is 5.39. The van der Waals surface area contributed by atoms with E-state index in [-0.39, 0.29) is 5.91 Å².